The number of benzene rings is 1. The van der Waals surface area contributed by atoms with E-state index in [1.54, 1.807) is 18.3 Å². The van der Waals surface area contributed by atoms with Crippen LogP contribution in [0.3, 0.4) is 0 Å². The van der Waals surface area contributed by atoms with E-state index >= 15 is 0 Å². The van der Waals surface area contributed by atoms with Crippen LogP contribution in [0.25, 0.3) is 11.9 Å². The van der Waals surface area contributed by atoms with Crippen molar-refractivity contribution in [1.82, 2.24) is 14.3 Å². The lowest BCUT2D eigenvalue weighted by Gasteiger charge is -2.21. The number of nitrogens with zero attached hydrogens (tertiary/aromatic N) is 4. The Morgan fingerprint density at radius 3 is 2.53 bits per heavy atom. The molecule has 178 valence electrons. The van der Waals surface area contributed by atoms with Gasteiger partial charge in [0.05, 0.1) is 17.6 Å². The molecule has 1 aliphatic heterocycles. The Morgan fingerprint density at radius 2 is 1.85 bits per heavy atom. The minimum Gasteiger partial charge on any atom is -0.370 e. The van der Waals surface area contributed by atoms with Gasteiger partial charge in [0, 0.05) is 48.2 Å². The van der Waals surface area contributed by atoms with Crippen molar-refractivity contribution in [3.63, 3.8) is 0 Å². The third-order valence-electron chi connectivity index (χ3n) is 6.24. The molecule has 8 nitrogen and oxygen atoms in total. The SMILES string of the molecule is Cc1cc(/C=C/C(=O)Nc2cc(C(N)=O)ccc2N2CCCC2)c(C)n1-c1ccnn1C(C)C. The molecule has 34 heavy (non-hydrogen) atoms. The Labute approximate surface area is 200 Å². The summed E-state index contributed by atoms with van der Waals surface area (Å²) in [6.07, 6.45) is 7.36. The van der Waals surface area contributed by atoms with Crippen LogP contribution in [0, 0.1) is 13.8 Å². The first-order chi connectivity index (χ1) is 16.3. The van der Waals surface area contributed by atoms with Gasteiger partial charge in [0.25, 0.3) is 0 Å². The highest BCUT2D eigenvalue weighted by Gasteiger charge is 2.18. The second-order valence-corrected chi connectivity index (χ2v) is 9.00. The van der Waals surface area contributed by atoms with Gasteiger partial charge in [0.2, 0.25) is 11.8 Å². The van der Waals surface area contributed by atoms with E-state index in [-0.39, 0.29) is 11.9 Å². The number of aromatic nitrogens is 3. The van der Waals surface area contributed by atoms with Gasteiger partial charge in [-0.2, -0.15) is 5.10 Å². The van der Waals surface area contributed by atoms with Crippen LogP contribution in [0.1, 0.15) is 60.0 Å². The van der Waals surface area contributed by atoms with Gasteiger partial charge in [0.1, 0.15) is 5.82 Å². The van der Waals surface area contributed by atoms with Gasteiger partial charge >= 0.3 is 0 Å². The third kappa shape index (κ3) is 4.62. The molecule has 1 aromatic carbocycles. The summed E-state index contributed by atoms with van der Waals surface area (Å²) in [5.74, 6) is 0.207. The molecule has 8 heteroatoms. The molecular weight excluding hydrogens is 428 g/mol. The van der Waals surface area contributed by atoms with E-state index in [0.29, 0.717) is 11.3 Å². The second kappa shape index (κ2) is 9.59. The number of amides is 2. The molecule has 0 bridgehead atoms. The zero-order valence-corrected chi connectivity index (χ0v) is 20.2. The third-order valence-corrected chi connectivity index (χ3v) is 6.24. The lowest BCUT2D eigenvalue weighted by Crippen LogP contribution is -2.21. The summed E-state index contributed by atoms with van der Waals surface area (Å²) in [7, 11) is 0. The van der Waals surface area contributed by atoms with Crippen molar-refractivity contribution in [2.24, 2.45) is 5.73 Å². The zero-order chi connectivity index (χ0) is 24.4. The number of hydrogen-bond donors (Lipinski definition) is 2. The minimum atomic E-state index is -0.521. The smallest absolute Gasteiger partial charge is 0.248 e. The topological polar surface area (TPSA) is 98.2 Å². The number of anilines is 2. The Hall–Kier alpha value is -3.81. The molecule has 0 atom stereocenters. The van der Waals surface area contributed by atoms with E-state index in [1.807, 2.05) is 36.7 Å². The largest absolute Gasteiger partial charge is 0.370 e. The maximum absolute atomic E-state index is 12.9. The first-order valence-corrected chi connectivity index (χ1v) is 11.7. The van der Waals surface area contributed by atoms with Crippen LogP contribution in [0.2, 0.25) is 0 Å². The number of rotatable bonds is 7. The predicted octanol–water partition coefficient (Wildman–Crippen LogP) is 4.22. The number of nitrogens with two attached hydrogens (primary N) is 1. The van der Waals surface area contributed by atoms with Crippen molar-refractivity contribution in [3.8, 4) is 5.82 Å². The van der Waals surface area contributed by atoms with Crippen molar-refractivity contribution in [1.29, 1.82) is 0 Å². The Bertz CT molecular complexity index is 1240. The molecule has 0 radical (unpaired) electrons. The molecule has 2 aromatic heterocycles. The van der Waals surface area contributed by atoms with Crippen LogP contribution in [0.4, 0.5) is 11.4 Å². The van der Waals surface area contributed by atoms with Crippen LogP contribution in [-0.2, 0) is 4.79 Å². The fourth-order valence-electron chi connectivity index (χ4n) is 4.55. The monoisotopic (exact) mass is 460 g/mol. The number of carbonyl (C=O) groups is 2. The molecule has 0 unspecified atom stereocenters. The van der Waals surface area contributed by atoms with Crippen molar-refractivity contribution in [2.45, 2.75) is 46.6 Å². The van der Waals surface area contributed by atoms with E-state index in [2.05, 4.69) is 39.8 Å². The molecule has 3 heterocycles. The summed E-state index contributed by atoms with van der Waals surface area (Å²) in [5.41, 5.74) is 10.4. The van der Waals surface area contributed by atoms with E-state index < -0.39 is 5.91 Å². The average molecular weight is 461 g/mol. The average Bonchev–Trinajstić information content (AvgIpc) is 3.53. The van der Waals surface area contributed by atoms with E-state index in [1.165, 1.54) is 6.08 Å². The van der Waals surface area contributed by atoms with Gasteiger partial charge < -0.3 is 20.5 Å². The van der Waals surface area contributed by atoms with Crippen LogP contribution >= 0.6 is 0 Å². The number of hydrogen-bond acceptors (Lipinski definition) is 4. The predicted molar refractivity (Wildman–Crippen MR) is 135 cm³/mol. The maximum Gasteiger partial charge on any atom is 0.248 e. The van der Waals surface area contributed by atoms with Gasteiger partial charge in [-0.15, -0.1) is 0 Å². The summed E-state index contributed by atoms with van der Waals surface area (Å²) in [6.45, 7) is 10.1. The minimum absolute atomic E-state index is 0.233. The molecule has 0 spiro atoms. The molecule has 1 fully saturated rings. The Balaban J connectivity index is 1.58. The number of primary amides is 1. The normalized spacial score (nSPS) is 13.9. The molecule has 4 rings (SSSR count). The summed E-state index contributed by atoms with van der Waals surface area (Å²) >= 11 is 0. The molecule has 0 saturated carbocycles. The van der Waals surface area contributed by atoms with Gasteiger partial charge in [-0.3, -0.25) is 9.59 Å². The van der Waals surface area contributed by atoms with Gasteiger partial charge in [0.15, 0.2) is 0 Å². The van der Waals surface area contributed by atoms with Crippen LogP contribution < -0.4 is 16.0 Å². The fourth-order valence-corrected chi connectivity index (χ4v) is 4.55. The van der Waals surface area contributed by atoms with Gasteiger partial charge in [-0.25, -0.2) is 4.68 Å². The highest BCUT2D eigenvalue weighted by atomic mass is 16.1. The molecular formula is C26H32N6O2. The molecule has 1 aliphatic rings. The highest BCUT2D eigenvalue weighted by Crippen LogP contribution is 2.30. The first kappa shape index (κ1) is 23.4. The summed E-state index contributed by atoms with van der Waals surface area (Å²) in [6, 6.07) is 9.50. The summed E-state index contributed by atoms with van der Waals surface area (Å²) in [4.78, 5) is 26.8. The number of carbonyl (C=O) groups excluding carboxylic acids is 2. The first-order valence-electron chi connectivity index (χ1n) is 11.7. The van der Waals surface area contributed by atoms with Crippen LogP contribution in [-0.4, -0.2) is 39.3 Å². The van der Waals surface area contributed by atoms with Crippen molar-refractivity contribution < 1.29 is 9.59 Å². The second-order valence-electron chi connectivity index (χ2n) is 9.00. The Morgan fingerprint density at radius 1 is 1.12 bits per heavy atom. The van der Waals surface area contributed by atoms with E-state index in [0.717, 1.165) is 54.4 Å². The molecule has 0 aliphatic carbocycles. The highest BCUT2D eigenvalue weighted by molar-refractivity contribution is 6.05. The number of nitrogens with one attached hydrogen (secondary N) is 1. The quantitative estimate of drug-likeness (QED) is 0.516. The maximum atomic E-state index is 12.9. The van der Waals surface area contributed by atoms with Crippen molar-refractivity contribution >= 4 is 29.3 Å². The molecule has 3 N–H and O–H groups in total. The number of aryl methyl sites for hydroxylation is 1. The van der Waals surface area contributed by atoms with Gasteiger partial charge in [-0.1, -0.05) is 0 Å². The fraction of sp³-hybridized carbons (Fsp3) is 0.346. The molecule has 3 aromatic rings. The van der Waals surface area contributed by atoms with Crippen LogP contribution in [0.15, 0.2) is 42.6 Å². The standard InChI is InChI=1S/C26H32N6O2/c1-17(2)32-25(11-12-28-32)31-18(3)15-20(19(31)4)8-10-24(33)29-22-16-21(26(27)34)7-9-23(22)30-13-5-6-14-30/h7-12,15-17H,5-6,13-14H2,1-4H3,(H2,27,34)(H,29,33)/b10-8+. The summed E-state index contributed by atoms with van der Waals surface area (Å²) in [5, 5.41) is 7.39. The van der Waals surface area contributed by atoms with Crippen LogP contribution in [0.5, 0.6) is 0 Å². The van der Waals surface area contributed by atoms with E-state index in [9.17, 15) is 9.59 Å². The zero-order valence-electron chi connectivity index (χ0n) is 20.2. The van der Waals surface area contributed by atoms with Gasteiger partial charge in [-0.05, 0) is 76.4 Å². The van der Waals surface area contributed by atoms with Crippen molar-refractivity contribution in [3.05, 3.63) is 65.1 Å². The van der Waals surface area contributed by atoms with E-state index in [4.69, 9.17) is 5.73 Å². The summed E-state index contributed by atoms with van der Waals surface area (Å²) < 4.78 is 4.12. The lowest BCUT2D eigenvalue weighted by atomic mass is 10.1. The molecule has 1 saturated heterocycles. The van der Waals surface area contributed by atoms with Crippen molar-refractivity contribution in [2.75, 3.05) is 23.3 Å². The Kier molecular flexibility index (Phi) is 6.58. The molecule has 2 amide bonds. The lowest BCUT2D eigenvalue weighted by molar-refractivity contribution is -0.111.